The number of hydrogen-bond acceptors (Lipinski definition) is 3. The van der Waals surface area contributed by atoms with Crippen LogP contribution in [0.3, 0.4) is 0 Å². The number of thioether (sulfide) groups is 1. The number of nitriles is 1. The third kappa shape index (κ3) is 2.23. The molecule has 1 saturated carbocycles. The highest BCUT2D eigenvalue weighted by Gasteiger charge is 2.65. The third-order valence-corrected chi connectivity index (χ3v) is 5.70. The molecule has 0 atom stereocenters. The molecule has 1 aromatic carbocycles. The van der Waals surface area contributed by atoms with Crippen molar-refractivity contribution >= 4 is 17.4 Å². The summed E-state index contributed by atoms with van der Waals surface area (Å²) in [4.78, 5) is 1.08. The quantitative estimate of drug-likeness (QED) is 0.820. The predicted molar refractivity (Wildman–Crippen MR) is 82.5 cm³/mol. The number of anilines is 1. The molecule has 2 nitrogen and oxygen atoms in total. The second kappa shape index (κ2) is 4.76. The second-order valence-electron chi connectivity index (χ2n) is 6.24. The Morgan fingerprint density at radius 3 is 2.37 bits per heavy atom. The van der Waals surface area contributed by atoms with E-state index in [9.17, 15) is 5.26 Å². The summed E-state index contributed by atoms with van der Waals surface area (Å²) in [5.74, 6) is 0.985. The van der Waals surface area contributed by atoms with E-state index in [0.29, 0.717) is 6.04 Å². The number of rotatable bonds is 4. The lowest BCUT2D eigenvalue weighted by atomic mass is 10.0. The Morgan fingerprint density at radius 2 is 1.89 bits per heavy atom. The fourth-order valence-corrected chi connectivity index (χ4v) is 3.54. The minimum atomic E-state index is 0.271. The SMILES string of the molecule is CCSc1cccc(NC2C(C)(C)C2(C)C)c1C#N. The van der Waals surface area contributed by atoms with Gasteiger partial charge in [-0.1, -0.05) is 40.7 Å². The number of nitrogens with one attached hydrogen (secondary N) is 1. The normalized spacial score (nSPS) is 19.8. The van der Waals surface area contributed by atoms with Crippen molar-refractivity contribution < 1.29 is 0 Å². The van der Waals surface area contributed by atoms with Crippen molar-refractivity contribution in [3.8, 4) is 6.07 Å². The van der Waals surface area contributed by atoms with Crippen molar-refractivity contribution in [2.45, 2.75) is 45.6 Å². The van der Waals surface area contributed by atoms with Crippen LogP contribution in [0.4, 0.5) is 5.69 Å². The van der Waals surface area contributed by atoms with E-state index in [0.717, 1.165) is 21.9 Å². The molecule has 3 heteroatoms. The van der Waals surface area contributed by atoms with Gasteiger partial charge >= 0.3 is 0 Å². The third-order valence-electron chi connectivity index (χ3n) is 4.76. The molecule has 2 rings (SSSR count). The van der Waals surface area contributed by atoms with Gasteiger partial charge in [-0.15, -0.1) is 11.8 Å². The Bertz CT molecular complexity index is 512. The topological polar surface area (TPSA) is 35.8 Å². The molecule has 0 heterocycles. The Labute approximate surface area is 120 Å². The van der Waals surface area contributed by atoms with Gasteiger partial charge in [-0.3, -0.25) is 0 Å². The van der Waals surface area contributed by atoms with E-state index in [2.05, 4.69) is 46.0 Å². The summed E-state index contributed by atoms with van der Waals surface area (Å²) in [6, 6.07) is 8.86. The molecule has 1 aromatic rings. The average molecular weight is 274 g/mol. The van der Waals surface area contributed by atoms with Crippen LogP contribution in [0.5, 0.6) is 0 Å². The molecule has 1 aliphatic carbocycles. The van der Waals surface area contributed by atoms with Crippen molar-refractivity contribution in [2.75, 3.05) is 11.1 Å². The van der Waals surface area contributed by atoms with Crippen LogP contribution in [0.15, 0.2) is 23.1 Å². The van der Waals surface area contributed by atoms with E-state index < -0.39 is 0 Å². The summed E-state index contributed by atoms with van der Waals surface area (Å²) in [5.41, 5.74) is 2.30. The molecule has 1 N–H and O–H groups in total. The molecular formula is C16H22N2S. The summed E-state index contributed by atoms with van der Waals surface area (Å²) in [6.45, 7) is 11.2. The second-order valence-corrected chi connectivity index (χ2v) is 7.55. The fourth-order valence-electron chi connectivity index (χ4n) is 2.76. The summed E-state index contributed by atoms with van der Waals surface area (Å²) in [6.07, 6.45) is 0. The molecule has 0 saturated heterocycles. The van der Waals surface area contributed by atoms with E-state index >= 15 is 0 Å². The highest BCUT2D eigenvalue weighted by atomic mass is 32.2. The molecule has 0 unspecified atom stereocenters. The van der Waals surface area contributed by atoms with E-state index in [1.807, 2.05) is 18.2 Å². The maximum atomic E-state index is 9.42. The molecule has 0 amide bonds. The van der Waals surface area contributed by atoms with Crippen LogP contribution in [-0.4, -0.2) is 11.8 Å². The van der Waals surface area contributed by atoms with Crippen LogP contribution in [0.25, 0.3) is 0 Å². The molecule has 1 aliphatic rings. The number of nitrogens with zero attached hydrogens (tertiary/aromatic N) is 1. The van der Waals surface area contributed by atoms with Gasteiger partial charge in [-0.2, -0.15) is 5.26 Å². The molecule has 0 spiro atoms. The van der Waals surface area contributed by atoms with Crippen LogP contribution in [0.2, 0.25) is 0 Å². The first kappa shape index (κ1) is 14.3. The standard InChI is InChI=1S/C16H22N2S/c1-6-19-13-9-7-8-12(11(13)10-17)18-14-15(2,3)16(14,4)5/h7-9,14,18H,6H2,1-5H3. The summed E-state index contributed by atoms with van der Waals surface area (Å²) >= 11 is 1.73. The predicted octanol–water partition coefficient (Wildman–Crippen LogP) is 4.52. The van der Waals surface area contributed by atoms with E-state index in [4.69, 9.17) is 0 Å². The zero-order valence-electron chi connectivity index (χ0n) is 12.4. The molecule has 0 radical (unpaired) electrons. The Balaban J connectivity index is 2.28. The summed E-state index contributed by atoms with van der Waals surface area (Å²) in [5, 5.41) is 13.0. The van der Waals surface area contributed by atoms with Gasteiger partial charge in [0.2, 0.25) is 0 Å². The van der Waals surface area contributed by atoms with Crippen molar-refractivity contribution in [3.63, 3.8) is 0 Å². The van der Waals surface area contributed by atoms with Gasteiger partial charge in [0.1, 0.15) is 6.07 Å². The van der Waals surface area contributed by atoms with Crippen molar-refractivity contribution in [1.29, 1.82) is 5.26 Å². The van der Waals surface area contributed by atoms with Gasteiger partial charge in [0.25, 0.3) is 0 Å². The van der Waals surface area contributed by atoms with Gasteiger partial charge in [0.15, 0.2) is 0 Å². The van der Waals surface area contributed by atoms with Gasteiger partial charge < -0.3 is 5.32 Å². The molecule has 0 aliphatic heterocycles. The minimum Gasteiger partial charge on any atom is -0.380 e. The first-order valence-corrected chi connectivity index (χ1v) is 7.77. The van der Waals surface area contributed by atoms with Crippen LogP contribution < -0.4 is 5.32 Å². The number of hydrogen-bond donors (Lipinski definition) is 1. The Morgan fingerprint density at radius 1 is 1.26 bits per heavy atom. The molecule has 1 fully saturated rings. The minimum absolute atomic E-state index is 0.271. The lowest BCUT2D eigenvalue weighted by Gasteiger charge is -2.12. The average Bonchev–Trinajstić information content (AvgIpc) is 2.72. The molecule has 0 bridgehead atoms. The van der Waals surface area contributed by atoms with E-state index in [-0.39, 0.29) is 10.8 Å². The highest BCUT2D eigenvalue weighted by Crippen LogP contribution is 2.63. The Kier molecular flexibility index (Phi) is 3.57. The fraction of sp³-hybridized carbons (Fsp3) is 0.562. The molecule has 19 heavy (non-hydrogen) atoms. The largest absolute Gasteiger partial charge is 0.380 e. The molecule has 0 aromatic heterocycles. The van der Waals surface area contributed by atoms with Crippen LogP contribution in [-0.2, 0) is 0 Å². The summed E-state index contributed by atoms with van der Waals surface area (Å²) in [7, 11) is 0. The van der Waals surface area contributed by atoms with Crippen LogP contribution in [0.1, 0.15) is 40.2 Å². The number of benzene rings is 1. The van der Waals surface area contributed by atoms with Crippen molar-refractivity contribution in [1.82, 2.24) is 0 Å². The zero-order chi connectivity index (χ0) is 14.3. The lowest BCUT2D eigenvalue weighted by molar-refractivity contribution is 0.457. The lowest BCUT2D eigenvalue weighted by Crippen LogP contribution is -2.11. The molecule has 102 valence electrons. The van der Waals surface area contributed by atoms with Gasteiger partial charge in [0.05, 0.1) is 11.3 Å². The highest BCUT2D eigenvalue weighted by molar-refractivity contribution is 7.99. The van der Waals surface area contributed by atoms with Crippen LogP contribution >= 0.6 is 11.8 Å². The van der Waals surface area contributed by atoms with Crippen LogP contribution in [0, 0.1) is 22.2 Å². The van der Waals surface area contributed by atoms with Crippen molar-refractivity contribution in [2.24, 2.45) is 10.8 Å². The van der Waals surface area contributed by atoms with Gasteiger partial charge in [-0.05, 0) is 28.7 Å². The molecular weight excluding hydrogens is 252 g/mol. The maximum absolute atomic E-state index is 9.42. The smallest absolute Gasteiger partial charge is 0.102 e. The van der Waals surface area contributed by atoms with E-state index in [1.54, 1.807) is 11.8 Å². The Hall–Kier alpha value is -1.14. The van der Waals surface area contributed by atoms with Gasteiger partial charge in [0, 0.05) is 10.9 Å². The maximum Gasteiger partial charge on any atom is 0.102 e. The van der Waals surface area contributed by atoms with E-state index in [1.165, 1.54) is 0 Å². The first-order valence-electron chi connectivity index (χ1n) is 6.78. The zero-order valence-corrected chi connectivity index (χ0v) is 13.2. The monoisotopic (exact) mass is 274 g/mol. The van der Waals surface area contributed by atoms with Crippen molar-refractivity contribution in [3.05, 3.63) is 23.8 Å². The summed E-state index contributed by atoms with van der Waals surface area (Å²) < 4.78 is 0. The van der Waals surface area contributed by atoms with Gasteiger partial charge in [-0.25, -0.2) is 0 Å². The first-order chi connectivity index (χ1) is 8.86.